The monoisotopic (exact) mass is 224 g/mol. The van der Waals surface area contributed by atoms with Gasteiger partial charge in [0, 0.05) is 18.1 Å². The molecule has 0 saturated heterocycles. The number of aromatic amines is 1. The van der Waals surface area contributed by atoms with Crippen molar-refractivity contribution in [1.82, 2.24) is 9.55 Å². The van der Waals surface area contributed by atoms with Crippen LogP contribution in [0.2, 0.25) is 0 Å². The van der Waals surface area contributed by atoms with Crippen molar-refractivity contribution in [3.8, 4) is 5.69 Å². The molecule has 0 aliphatic rings. The third kappa shape index (κ3) is 1.47. The largest absolute Gasteiger partial charge is 0.328 e. The van der Waals surface area contributed by atoms with E-state index in [1.807, 2.05) is 54.1 Å². The Balaban J connectivity index is 2.40. The van der Waals surface area contributed by atoms with Gasteiger partial charge in [-0.15, -0.1) is 0 Å². The maximum Gasteiger partial charge on any atom is 0.257 e. The zero-order valence-electron chi connectivity index (χ0n) is 9.47. The molecule has 3 aromatic rings. The average molecular weight is 224 g/mol. The number of nitrogens with one attached hydrogen (secondary N) is 1. The number of benzene rings is 1. The highest BCUT2D eigenvalue weighted by Gasteiger charge is 2.09. The number of aryl methyl sites for hydroxylation is 1. The van der Waals surface area contributed by atoms with Gasteiger partial charge in [0.2, 0.25) is 0 Å². The Hall–Kier alpha value is -2.29. The van der Waals surface area contributed by atoms with Crippen LogP contribution >= 0.6 is 0 Å². The Labute approximate surface area is 98.3 Å². The molecule has 2 aromatic heterocycles. The summed E-state index contributed by atoms with van der Waals surface area (Å²) >= 11 is 0. The Bertz CT molecular complexity index is 723. The minimum Gasteiger partial charge on any atom is -0.328 e. The highest BCUT2D eigenvalue weighted by atomic mass is 16.1. The Morgan fingerprint density at radius 1 is 1.12 bits per heavy atom. The van der Waals surface area contributed by atoms with Crippen molar-refractivity contribution in [3.05, 3.63) is 64.7 Å². The van der Waals surface area contributed by atoms with E-state index < -0.39 is 0 Å². The predicted molar refractivity (Wildman–Crippen MR) is 68.6 cm³/mol. The number of nitrogens with zero attached hydrogens (tertiary/aromatic N) is 1. The molecule has 0 unspecified atom stereocenters. The summed E-state index contributed by atoms with van der Waals surface area (Å²) in [7, 11) is 0. The number of rotatable bonds is 1. The van der Waals surface area contributed by atoms with Gasteiger partial charge in [0.1, 0.15) is 0 Å². The van der Waals surface area contributed by atoms with Crippen LogP contribution in [0.15, 0.2) is 53.6 Å². The maximum atomic E-state index is 11.8. The first kappa shape index (κ1) is 9.90. The molecule has 3 heteroatoms. The number of pyridine rings is 1. The number of H-pyrrole nitrogens is 1. The third-order valence-electron chi connectivity index (χ3n) is 2.95. The number of aromatic nitrogens is 2. The van der Waals surface area contributed by atoms with Gasteiger partial charge in [-0.2, -0.15) is 0 Å². The molecule has 0 aliphatic heterocycles. The van der Waals surface area contributed by atoms with Gasteiger partial charge in [0.05, 0.1) is 10.9 Å². The second-order valence-corrected chi connectivity index (χ2v) is 4.08. The summed E-state index contributed by atoms with van der Waals surface area (Å²) in [5.74, 6) is 0. The molecular weight excluding hydrogens is 212 g/mol. The van der Waals surface area contributed by atoms with Crippen molar-refractivity contribution < 1.29 is 0 Å². The van der Waals surface area contributed by atoms with Gasteiger partial charge in [-0.25, -0.2) is 0 Å². The molecule has 0 amide bonds. The molecule has 0 spiro atoms. The summed E-state index contributed by atoms with van der Waals surface area (Å²) in [6, 6.07) is 11.9. The van der Waals surface area contributed by atoms with Crippen LogP contribution in [0.25, 0.3) is 16.6 Å². The van der Waals surface area contributed by atoms with Crippen LogP contribution in [0.5, 0.6) is 0 Å². The van der Waals surface area contributed by atoms with E-state index in [1.54, 1.807) is 6.20 Å². The molecule has 0 bridgehead atoms. The number of para-hydroxylation sites is 1. The minimum absolute atomic E-state index is 0.0327. The summed E-state index contributed by atoms with van der Waals surface area (Å²) in [5.41, 5.74) is 2.97. The molecule has 0 saturated carbocycles. The summed E-state index contributed by atoms with van der Waals surface area (Å²) in [5, 5.41) is 0.761. The first-order chi connectivity index (χ1) is 8.27. The highest BCUT2D eigenvalue weighted by Crippen LogP contribution is 2.20. The van der Waals surface area contributed by atoms with Gasteiger partial charge in [-0.05, 0) is 30.7 Å². The first-order valence-corrected chi connectivity index (χ1v) is 5.52. The van der Waals surface area contributed by atoms with Gasteiger partial charge < -0.3 is 9.55 Å². The Morgan fingerprint density at radius 3 is 2.65 bits per heavy atom. The molecule has 17 heavy (non-hydrogen) atoms. The fraction of sp³-hybridized carbons (Fsp3) is 0.0714. The number of hydrogen-bond donors (Lipinski definition) is 1. The van der Waals surface area contributed by atoms with Crippen molar-refractivity contribution in [1.29, 1.82) is 0 Å². The lowest BCUT2D eigenvalue weighted by atomic mass is 10.2. The molecule has 3 nitrogen and oxygen atoms in total. The molecule has 0 atom stereocenters. The molecule has 0 fully saturated rings. The van der Waals surface area contributed by atoms with Crippen LogP contribution < -0.4 is 5.56 Å². The highest BCUT2D eigenvalue weighted by molar-refractivity contribution is 5.84. The van der Waals surface area contributed by atoms with E-state index in [-0.39, 0.29) is 5.56 Å². The zero-order valence-corrected chi connectivity index (χ0v) is 9.47. The van der Waals surface area contributed by atoms with Crippen molar-refractivity contribution in [3.63, 3.8) is 0 Å². The maximum absolute atomic E-state index is 11.8. The fourth-order valence-corrected chi connectivity index (χ4v) is 2.18. The van der Waals surface area contributed by atoms with E-state index >= 15 is 0 Å². The lowest BCUT2D eigenvalue weighted by molar-refractivity contribution is 1.11. The lowest BCUT2D eigenvalue weighted by Crippen LogP contribution is -2.04. The normalized spacial score (nSPS) is 10.9. The van der Waals surface area contributed by atoms with E-state index in [1.165, 1.54) is 0 Å². The topological polar surface area (TPSA) is 37.8 Å². The Kier molecular flexibility index (Phi) is 2.11. The van der Waals surface area contributed by atoms with Gasteiger partial charge in [0.25, 0.3) is 5.56 Å². The van der Waals surface area contributed by atoms with Crippen LogP contribution in [0.1, 0.15) is 5.56 Å². The second-order valence-electron chi connectivity index (χ2n) is 4.08. The van der Waals surface area contributed by atoms with E-state index in [4.69, 9.17) is 0 Å². The van der Waals surface area contributed by atoms with Crippen molar-refractivity contribution in [2.75, 3.05) is 0 Å². The molecular formula is C14H12N2O. The third-order valence-corrected chi connectivity index (χ3v) is 2.95. The molecule has 1 N–H and O–H groups in total. The molecule has 1 aromatic carbocycles. The van der Waals surface area contributed by atoms with Gasteiger partial charge in [-0.1, -0.05) is 18.2 Å². The van der Waals surface area contributed by atoms with Crippen molar-refractivity contribution in [2.24, 2.45) is 0 Å². The van der Waals surface area contributed by atoms with Gasteiger partial charge in [-0.3, -0.25) is 4.79 Å². The summed E-state index contributed by atoms with van der Waals surface area (Å²) in [6.45, 7) is 1.96. The van der Waals surface area contributed by atoms with Crippen LogP contribution in [-0.2, 0) is 0 Å². The van der Waals surface area contributed by atoms with Crippen LogP contribution in [0.3, 0.4) is 0 Å². The first-order valence-electron chi connectivity index (χ1n) is 5.52. The average Bonchev–Trinajstić information content (AvgIpc) is 2.69. The minimum atomic E-state index is -0.0327. The van der Waals surface area contributed by atoms with E-state index in [9.17, 15) is 4.79 Å². The molecule has 2 heterocycles. The van der Waals surface area contributed by atoms with Crippen LogP contribution in [0.4, 0.5) is 0 Å². The van der Waals surface area contributed by atoms with E-state index in [0.717, 1.165) is 22.2 Å². The Morgan fingerprint density at radius 2 is 1.88 bits per heavy atom. The van der Waals surface area contributed by atoms with E-state index in [0.29, 0.717) is 0 Å². The molecule has 0 radical (unpaired) electrons. The van der Waals surface area contributed by atoms with Gasteiger partial charge >= 0.3 is 0 Å². The lowest BCUT2D eigenvalue weighted by Gasteiger charge is -2.03. The SMILES string of the molecule is Cc1cn(-c2ccccc2)c2cc[nH]c(=O)c12. The number of hydrogen-bond acceptors (Lipinski definition) is 1. The van der Waals surface area contributed by atoms with Crippen LogP contribution in [-0.4, -0.2) is 9.55 Å². The van der Waals surface area contributed by atoms with Crippen LogP contribution in [0, 0.1) is 6.92 Å². The molecule has 0 aliphatic carbocycles. The summed E-state index contributed by atoms with van der Waals surface area (Å²) in [6.07, 6.45) is 3.68. The second kappa shape index (κ2) is 3.63. The van der Waals surface area contributed by atoms with Gasteiger partial charge in [0.15, 0.2) is 0 Å². The summed E-state index contributed by atoms with van der Waals surface area (Å²) < 4.78 is 2.04. The number of fused-ring (bicyclic) bond motifs is 1. The summed E-state index contributed by atoms with van der Waals surface area (Å²) in [4.78, 5) is 14.5. The quantitative estimate of drug-likeness (QED) is 0.678. The zero-order chi connectivity index (χ0) is 11.8. The fourth-order valence-electron chi connectivity index (χ4n) is 2.18. The van der Waals surface area contributed by atoms with Crippen molar-refractivity contribution >= 4 is 10.9 Å². The smallest absolute Gasteiger partial charge is 0.257 e. The van der Waals surface area contributed by atoms with Crippen molar-refractivity contribution in [2.45, 2.75) is 6.92 Å². The predicted octanol–water partition coefficient (Wildman–Crippen LogP) is 2.63. The van der Waals surface area contributed by atoms with E-state index in [2.05, 4.69) is 4.98 Å². The molecule has 84 valence electrons. The standard InChI is InChI=1S/C14H12N2O/c1-10-9-16(11-5-3-2-4-6-11)12-7-8-15-14(17)13(10)12/h2-9H,1H3,(H,15,17). The molecule has 3 rings (SSSR count).